The minimum absolute atomic E-state index is 0.740. The molecule has 9 aromatic rings. The van der Waals surface area contributed by atoms with Gasteiger partial charge in [-0.1, -0.05) is 182 Å². The number of nitrogens with zero attached hydrogens (tertiary/aromatic N) is 2. The lowest BCUT2D eigenvalue weighted by Crippen LogP contribution is -2.27. The molecule has 0 unspecified atom stereocenters. The second-order valence-electron chi connectivity index (χ2n) is 14.1. The zero-order chi connectivity index (χ0) is 37.5. The molecule has 0 saturated heterocycles. The third kappa shape index (κ3) is 5.73. The van der Waals surface area contributed by atoms with Gasteiger partial charge in [-0.25, -0.2) is 0 Å². The Balaban J connectivity index is 1.35. The molecule has 0 saturated carbocycles. The molecule has 56 heavy (non-hydrogen) atoms. The van der Waals surface area contributed by atoms with E-state index in [0.29, 0.717) is 0 Å². The largest absolute Gasteiger partial charge is 0.301 e. The SMILES string of the molecule is O=P1(c2cc(-c3ccccc3)cc(-c3ccccc3)c2)N(c2ccccc2-c2ccccc2)c2cc3ccccc3cc2N1c1ccccc1-c1ccccc1. The van der Waals surface area contributed by atoms with Crippen LogP contribution in [0.25, 0.3) is 55.3 Å². The summed E-state index contributed by atoms with van der Waals surface area (Å²) in [4.78, 5) is 0. The summed E-state index contributed by atoms with van der Waals surface area (Å²) >= 11 is 0. The summed E-state index contributed by atoms with van der Waals surface area (Å²) in [6.45, 7) is 0. The monoisotopic (exact) mass is 736 g/mol. The fraction of sp³-hybridized carbons (Fsp3) is 0. The van der Waals surface area contributed by atoms with Crippen LogP contribution >= 0.6 is 7.44 Å². The third-order valence-corrected chi connectivity index (χ3v) is 13.6. The smallest absolute Gasteiger partial charge is 0.269 e. The van der Waals surface area contributed by atoms with Gasteiger partial charge in [-0.05, 0) is 86.6 Å². The molecule has 266 valence electrons. The summed E-state index contributed by atoms with van der Waals surface area (Å²) in [5.41, 5.74) is 11.8. The Hall–Kier alpha value is -6.93. The first-order valence-corrected chi connectivity index (χ1v) is 20.6. The van der Waals surface area contributed by atoms with Crippen molar-refractivity contribution in [2.24, 2.45) is 0 Å². The number of para-hydroxylation sites is 2. The minimum atomic E-state index is -3.88. The molecule has 0 amide bonds. The predicted molar refractivity (Wildman–Crippen MR) is 237 cm³/mol. The van der Waals surface area contributed by atoms with Gasteiger partial charge in [0, 0.05) is 11.1 Å². The zero-order valence-electron chi connectivity index (χ0n) is 30.6. The van der Waals surface area contributed by atoms with Gasteiger partial charge in [0.05, 0.1) is 28.1 Å². The van der Waals surface area contributed by atoms with Crippen molar-refractivity contribution in [3.8, 4) is 44.5 Å². The van der Waals surface area contributed by atoms with Crippen LogP contribution in [0.1, 0.15) is 0 Å². The molecule has 0 atom stereocenters. The van der Waals surface area contributed by atoms with Crippen LogP contribution in [0.3, 0.4) is 0 Å². The van der Waals surface area contributed by atoms with Crippen molar-refractivity contribution < 1.29 is 4.57 Å². The molecule has 0 radical (unpaired) electrons. The lowest BCUT2D eigenvalue weighted by molar-refractivity contribution is 0.582. The van der Waals surface area contributed by atoms with Gasteiger partial charge in [-0.3, -0.25) is 13.9 Å². The van der Waals surface area contributed by atoms with E-state index in [0.717, 1.165) is 83.3 Å². The maximum atomic E-state index is 17.7. The Kier molecular flexibility index (Phi) is 8.44. The standard InChI is InChI=1S/C52H37N2OP/c55-56(46-34-44(38-19-5-1-6-20-38)33-45(35-46)39-21-7-2-8-22-39)53(49-31-17-15-29-47(49)40-23-9-3-10-24-40)51-36-42-27-13-14-28-43(42)37-52(51)54(56)50-32-18-16-30-48(50)41-25-11-4-12-26-41/h1-37H. The highest BCUT2D eigenvalue weighted by Crippen LogP contribution is 2.72. The third-order valence-electron chi connectivity index (χ3n) is 10.7. The van der Waals surface area contributed by atoms with E-state index in [9.17, 15) is 0 Å². The van der Waals surface area contributed by atoms with Crippen LogP contribution in [0.15, 0.2) is 224 Å². The van der Waals surface area contributed by atoms with Crippen molar-refractivity contribution in [3.63, 3.8) is 0 Å². The second-order valence-corrected chi connectivity index (χ2v) is 16.5. The molecule has 0 bridgehead atoms. The van der Waals surface area contributed by atoms with E-state index < -0.39 is 7.44 Å². The fourth-order valence-electron chi connectivity index (χ4n) is 8.13. The zero-order valence-corrected chi connectivity index (χ0v) is 31.5. The number of hydrogen-bond donors (Lipinski definition) is 0. The lowest BCUT2D eigenvalue weighted by atomic mass is 9.99. The van der Waals surface area contributed by atoms with Crippen molar-refractivity contribution >= 4 is 46.3 Å². The van der Waals surface area contributed by atoms with E-state index in [2.05, 4.69) is 210 Å². The van der Waals surface area contributed by atoms with Crippen molar-refractivity contribution in [2.75, 3.05) is 9.34 Å². The van der Waals surface area contributed by atoms with Crippen LogP contribution in [-0.2, 0) is 4.57 Å². The van der Waals surface area contributed by atoms with E-state index in [1.165, 1.54) is 0 Å². The van der Waals surface area contributed by atoms with E-state index in [1.54, 1.807) is 0 Å². The molecule has 0 aromatic heterocycles. The lowest BCUT2D eigenvalue weighted by Gasteiger charge is -2.35. The summed E-state index contributed by atoms with van der Waals surface area (Å²) in [6, 6.07) is 77.9. The van der Waals surface area contributed by atoms with Crippen LogP contribution in [0.5, 0.6) is 0 Å². The summed E-state index contributed by atoms with van der Waals surface area (Å²) in [6.07, 6.45) is 0. The molecular weight excluding hydrogens is 700 g/mol. The minimum Gasteiger partial charge on any atom is -0.269 e. The maximum Gasteiger partial charge on any atom is 0.301 e. The Morgan fingerprint density at radius 2 is 0.625 bits per heavy atom. The van der Waals surface area contributed by atoms with Gasteiger partial charge in [0.25, 0.3) is 0 Å². The fourth-order valence-corrected chi connectivity index (χ4v) is 11.2. The predicted octanol–water partition coefficient (Wildman–Crippen LogP) is 14.3. The Morgan fingerprint density at radius 3 is 1.04 bits per heavy atom. The molecule has 4 heteroatoms. The number of fused-ring (bicyclic) bond motifs is 2. The summed E-state index contributed by atoms with van der Waals surface area (Å²) in [5, 5.41) is 2.91. The van der Waals surface area contributed by atoms with E-state index in [1.807, 2.05) is 24.3 Å². The van der Waals surface area contributed by atoms with Crippen molar-refractivity contribution in [2.45, 2.75) is 0 Å². The summed E-state index contributed by atoms with van der Waals surface area (Å²) in [5.74, 6) is 0. The van der Waals surface area contributed by atoms with Gasteiger partial charge in [-0.15, -0.1) is 0 Å². The van der Waals surface area contributed by atoms with Crippen LogP contribution < -0.4 is 14.6 Å². The van der Waals surface area contributed by atoms with E-state index in [-0.39, 0.29) is 0 Å². The first-order chi connectivity index (χ1) is 27.7. The van der Waals surface area contributed by atoms with Crippen LogP contribution in [-0.4, -0.2) is 0 Å². The maximum absolute atomic E-state index is 17.7. The molecular formula is C52H37N2OP. The average molecular weight is 737 g/mol. The van der Waals surface area contributed by atoms with Gasteiger partial charge in [0.15, 0.2) is 0 Å². The normalized spacial score (nSPS) is 13.1. The number of anilines is 4. The number of benzene rings is 9. The molecule has 0 N–H and O–H groups in total. The quantitative estimate of drug-likeness (QED) is 0.152. The van der Waals surface area contributed by atoms with Crippen molar-refractivity contribution in [3.05, 3.63) is 224 Å². The van der Waals surface area contributed by atoms with Gasteiger partial charge in [-0.2, -0.15) is 0 Å². The van der Waals surface area contributed by atoms with E-state index >= 15 is 4.57 Å². The van der Waals surface area contributed by atoms with Gasteiger partial charge in [0.1, 0.15) is 0 Å². The average Bonchev–Trinajstić information content (AvgIpc) is 3.53. The van der Waals surface area contributed by atoms with Crippen LogP contribution in [0.4, 0.5) is 22.7 Å². The molecule has 0 aliphatic carbocycles. The van der Waals surface area contributed by atoms with Gasteiger partial charge < -0.3 is 0 Å². The molecule has 3 nitrogen and oxygen atoms in total. The highest BCUT2D eigenvalue weighted by molar-refractivity contribution is 7.76. The molecule has 0 fully saturated rings. The molecule has 9 aromatic carbocycles. The molecule has 1 aliphatic heterocycles. The first kappa shape index (κ1) is 33.6. The van der Waals surface area contributed by atoms with Crippen molar-refractivity contribution in [1.29, 1.82) is 0 Å². The van der Waals surface area contributed by atoms with Gasteiger partial charge >= 0.3 is 7.44 Å². The molecule has 1 heterocycles. The van der Waals surface area contributed by atoms with Gasteiger partial charge in [0.2, 0.25) is 0 Å². The first-order valence-electron chi connectivity index (χ1n) is 19.0. The van der Waals surface area contributed by atoms with Crippen LogP contribution in [0, 0.1) is 0 Å². The highest BCUT2D eigenvalue weighted by Gasteiger charge is 2.50. The Morgan fingerprint density at radius 1 is 0.286 bits per heavy atom. The Bertz CT molecular complexity index is 2700. The topological polar surface area (TPSA) is 23.6 Å². The second kappa shape index (κ2) is 14.0. The molecule has 1 aliphatic rings. The Labute approximate surface area is 327 Å². The summed E-state index contributed by atoms with van der Waals surface area (Å²) in [7, 11) is -3.88. The highest BCUT2D eigenvalue weighted by atomic mass is 31.2. The van der Waals surface area contributed by atoms with Crippen molar-refractivity contribution in [1.82, 2.24) is 0 Å². The number of hydrogen-bond acceptors (Lipinski definition) is 1. The van der Waals surface area contributed by atoms with E-state index in [4.69, 9.17) is 0 Å². The summed E-state index contributed by atoms with van der Waals surface area (Å²) < 4.78 is 22.0. The number of rotatable bonds is 7. The van der Waals surface area contributed by atoms with Crippen LogP contribution in [0.2, 0.25) is 0 Å². The molecule has 0 spiro atoms. The molecule has 10 rings (SSSR count).